The molecule has 0 saturated carbocycles. The summed E-state index contributed by atoms with van der Waals surface area (Å²) in [5.74, 6) is 1.38. The maximum Gasteiger partial charge on any atom is 0.162 e. The molecule has 1 heterocycles. The molecule has 1 N–H and O–H groups in total. The van der Waals surface area contributed by atoms with Crippen LogP contribution in [0, 0.1) is 5.21 Å². The minimum atomic E-state index is 0.395. The Balaban J connectivity index is 1.74. The van der Waals surface area contributed by atoms with Crippen molar-refractivity contribution in [3.8, 4) is 11.4 Å². The van der Waals surface area contributed by atoms with Gasteiger partial charge in [0.05, 0.1) is 5.52 Å². The maximum absolute atomic E-state index is 12.0. The van der Waals surface area contributed by atoms with Gasteiger partial charge in [-0.25, -0.2) is 9.97 Å². The van der Waals surface area contributed by atoms with Crippen molar-refractivity contribution in [2.24, 2.45) is 0 Å². The number of hydroxylamine groups is 1. The van der Waals surface area contributed by atoms with E-state index in [0.29, 0.717) is 24.6 Å². The van der Waals surface area contributed by atoms with Crippen LogP contribution in [0.5, 0.6) is 0 Å². The summed E-state index contributed by atoms with van der Waals surface area (Å²) >= 11 is 0. The molecule has 0 fully saturated rings. The molecule has 3 aromatic carbocycles. The Morgan fingerprint density at radius 3 is 2.50 bits per heavy atom. The van der Waals surface area contributed by atoms with Crippen LogP contribution in [0.25, 0.3) is 22.3 Å². The Labute approximate surface area is 164 Å². The Bertz CT molecular complexity index is 1080. The molecule has 28 heavy (non-hydrogen) atoms. The summed E-state index contributed by atoms with van der Waals surface area (Å²) in [7, 11) is 0. The standard InChI is InChI=1S/C23H21N4O/c1-2-27(28)19-12-8-11-18(15-19)22-25-21-14-7-6-13-20(21)23(26-22)24-16-17-9-4-3-5-10-17/h3-15H,2,16H2,1H3,(H,24,25,26)/q-1. The van der Waals surface area contributed by atoms with E-state index in [1.165, 1.54) is 5.56 Å². The van der Waals surface area contributed by atoms with E-state index < -0.39 is 0 Å². The van der Waals surface area contributed by atoms with Crippen molar-refractivity contribution in [2.75, 3.05) is 16.9 Å². The number of aromatic nitrogens is 2. The summed E-state index contributed by atoms with van der Waals surface area (Å²) in [6.07, 6.45) is 0. The van der Waals surface area contributed by atoms with Gasteiger partial charge in [0.25, 0.3) is 0 Å². The number of nitrogens with one attached hydrogen (secondary N) is 1. The molecular formula is C23H21N4O-. The van der Waals surface area contributed by atoms with Crippen LogP contribution in [-0.4, -0.2) is 16.5 Å². The maximum atomic E-state index is 12.0. The van der Waals surface area contributed by atoms with E-state index in [9.17, 15) is 5.21 Å². The number of benzene rings is 3. The molecule has 5 heteroatoms. The number of nitrogens with zero attached hydrogens (tertiary/aromatic N) is 3. The van der Waals surface area contributed by atoms with Gasteiger partial charge in [0.15, 0.2) is 5.82 Å². The lowest BCUT2D eigenvalue weighted by Crippen LogP contribution is -2.13. The molecule has 0 bridgehead atoms. The molecular weight excluding hydrogens is 348 g/mol. The third-order valence-electron chi connectivity index (χ3n) is 4.59. The normalized spacial score (nSPS) is 10.8. The van der Waals surface area contributed by atoms with Gasteiger partial charge in [0.1, 0.15) is 5.82 Å². The van der Waals surface area contributed by atoms with Gasteiger partial charge < -0.3 is 15.6 Å². The molecule has 0 saturated heterocycles. The minimum absolute atomic E-state index is 0.395. The van der Waals surface area contributed by atoms with Gasteiger partial charge in [-0.1, -0.05) is 54.6 Å². The molecule has 0 aliphatic heterocycles. The van der Waals surface area contributed by atoms with Crippen LogP contribution in [0.4, 0.5) is 11.5 Å². The number of fused-ring (bicyclic) bond motifs is 1. The minimum Gasteiger partial charge on any atom is -0.758 e. The fraction of sp³-hybridized carbons (Fsp3) is 0.130. The monoisotopic (exact) mass is 369 g/mol. The fourth-order valence-electron chi connectivity index (χ4n) is 3.10. The second-order valence-electron chi connectivity index (χ2n) is 6.50. The van der Waals surface area contributed by atoms with E-state index in [1.54, 1.807) is 6.07 Å². The van der Waals surface area contributed by atoms with Gasteiger partial charge in [-0.05, 0) is 36.8 Å². The molecule has 140 valence electrons. The third kappa shape index (κ3) is 3.80. The first-order valence-corrected chi connectivity index (χ1v) is 9.34. The van der Waals surface area contributed by atoms with Crippen LogP contribution in [-0.2, 0) is 6.54 Å². The molecule has 4 aromatic rings. The zero-order valence-electron chi connectivity index (χ0n) is 15.7. The van der Waals surface area contributed by atoms with Gasteiger partial charge in [-0.2, -0.15) is 0 Å². The summed E-state index contributed by atoms with van der Waals surface area (Å²) < 4.78 is 0. The topological polar surface area (TPSA) is 64.1 Å². The Hall–Kier alpha value is -3.44. The van der Waals surface area contributed by atoms with Gasteiger partial charge in [-0.3, -0.25) is 0 Å². The first-order valence-electron chi connectivity index (χ1n) is 9.34. The van der Waals surface area contributed by atoms with Crippen molar-refractivity contribution >= 4 is 22.4 Å². The highest BCUT2D eigenvalue weighted by atomic mass is 16.5. The second kappa shape index (κ2) is 8.06. The molecule has 5 nitrogen and oxygen atoms in total. The SMILES string of the molecule is CCN([O-])c1cccc(-c2nc(NCc3ccccc3)c3ccccc3n2)c1. The van der Waals surface area contributed by atoms with Crippen molar-refractivity contribution in [1.29, 1.82) is 0 Å². The van der Waals surface area contributed by atoms with E-state index in [1.807, 2.05) is 67.6 Å². The highest BCUT2D eigenvalue weighted by molar-refractivity contribution is 5.90. The van der Waals surface area contributed by atoms with Crippen LogP contribution in [0.3, 0.4) is 0 Å². The molecule has 4 rings (SSSR count). The number of hydrogen-bond donors (Lipinski definition) is 1. The highest BCUT2D eigenvalue weighted by Crippen LogP contribution is 2.27. The third-order valence-corrected chi connectivity index (χ3v) is 4.59. The average Bonchev–Trinajstić information content (AvgIpc) is 2.77. The summed E-state index contributed by atoms with van der Waals surface area (Å²) in [5.41, 5.74) is 3.47. The first kappa shape index (κ1) is 17.9. The van der Waals surface area contributed by atoms with Gasteiger partial charge in [0, 0.05) is 29.7 Å². The van der Waals surface area contributed by atoms with Gasteiger partial charge in [0.2, 0.25) is 0 Å². The Morgan fingerprint density at radius 2 is 1.68 bits per heavy atom. The first-order chi connectivity index (χ1) is 13.7. The zero-order valence-corrected chi connectivity index (χ0v) is 15.7. The number of para-hydroxylation sites is 1. The Kier molecular flexibility index (Phi) is 5.17. The van der Waals surface area contributed by atoms with Crippen LogP contribution in [0.2, 0.25) is 0 Å². The summed E-state index contributed by atoms with van der Waals surface area (Å²) in [5, 5.41) is 17.4. The highest BCUT2D eigenvalue weighted by Gasteiger charge is 2.10. The number of hydrogen-bond acceptors (Lipinski definition) is 5. The van der Waals surface area contributed by atoms with Crippen molar-refractivity contribution in [2.45, 2.75) is 13.5 Å². The second-order valence-corrected chi connectivity index (χ2v) is 6.50. The molecule has 0 amide bonds. The predicted octanol–water partition coefficient (Wildman–Crippen LogP) is 5.23. The molecule has 0 unspecified atom stereocenters. The van der Waals surface area contributed by atoms with E-state index in [-0.39, 0.29) is 0 Å². The van der Waals surface area contributed by atoms with Crippen LogP contribution >= 0.6 is 0 Å². The van der Waals surface area contributed by atoms with Gasteiger partial charge >= 0.3 is 0 Å². The van der Waals surface area contributed by atoms with Crippen molar-refractivity contribution in [3.05, 3.63) is 89.6 Å². The molecule has 0 radical (unpaired) electrons. The van der Waals surface area contributed by atoms with E-state index in [4.69, 9.17) is 9.97 Å². The molecule has 0 aliphatic rings. The summed E-state index contributed by atoms with van der Waals surface area (Å²) in [4.78, 5) is 9.49. The van der Waals surface area contributed by atoms with Crippen molar-refractivity contribution < 1.29 is 0 Å². The fourth-order valence-corrected chi connectivity index (χ4v) is 3.10. The lowest BCUT2D eigenvalue weighted by atomic mass is 10.1. The smallest absolute Gasteiger partial charge is 0.162 e. The van der Waals surface area contributed by atoms with Crippen LogP contribution in [0.15, 0.2) is 78.9 Å². The van der Waals surface area contributed by atoms with E-state index in [0.717, 1.165) is 27.3 Å². The van der Waals surface area contributed by atoms with Crippen molar-refractivity contribution in [3.63, 3.8) is 0 Å². The van der Waals surface area contributed by atoms with Gasteiger partial charge in [-0.15, -0.1) is 0 Å². The van der Waals surface area contributed by atoms with E-state index >= 15 is 0 Å². The number of anilines is 2. The summed E-state index contributed by atoms with van der Waals surface area (Å²) in [6, 6.07) is 25.6. The molecule has 1 aromatic heterocycles. The van der Waals surface area contributed by atoms with E-state index in [2.05, 4.69) is 17.4 Å². The Morgan fingerprint density at radius 1 is 0.893 bits per heavy atom. The molecule has 0 spiro atoms. The lowest BCUT2D eigenvalue weighted by molar-refractivity contribution is 1.02. The zero-order chi connectivity index (χ0) is 19.3. The largest absolute Gasteiger partial charge is 0.758 e. The van der Waals surface area contributed by atoms with Crippen LogP contribution < -0.4 is 10.4 Å². The van der Waals surface area contributed by atoms with Crippen LogP contribution in [0.1, 0.15) is 12.5 Å². The molecule has 0 atom stereocenters. The predicted molar refractivity (Wildman–Crippen MR) is 115 cm³/mol. The average molecular weight is 369 g/mol. The summed E-state index contributed by atoms with van der Waals surface area (Å²) in [6.45, 7) is 2.90. The molecule has 0 aliphatic carbocycles. The number of rotatable bonds is 6. The lowest BCUT2D eigenvalue weighted by Gasteiger charge is -2.29. The quantitative estimate of drug-likeness (QED) is 0.471. The van der Waals surface area contributed by atoms with Crippen molar-refractivity contribution in [1.82, 2.24) is 9.97 Å².